The summed E-state index contributed by atoms with van der Waals surface area (Å²) in [5.74, 6) is -0.440. The van der Waals surface area contributed by atoms with E-state index in [2.05, 4.69) is 5.32 Å². The number of carbonyl (C=O) groups is 2. The molecule has 1 rings (SSSR count). The number of aliphatic carboxylic acids is 1. The van der Waals surface area contributed by atoms with Gasteiger partial charge in [0.25, 0.3) is 5.91 Å². The lowest BCUT2D eigenvalue weighted by Crippen LogP contribution is -2.38. The third-order valence-corrected chi connectivity index (χ3v) is 2.89. The maximum Gasteiger partial charge on any atom is 0.325 e. The number of hydrogen-bond donors (Lipinski definition) is 2. The van der Waals surface area contributed by atoms with Gasteiger partial charge in [-0.25, -0.2) is 0 Å². The minimum Gasteiger partial charge on any atom is -0.490 e. The summed E-state index contributed by atoms with van der Waals surface area (Å²) >= 11 is 0. The van der Waals surface area contributed by atoms with E-state index in [-0.39, 0.29) is 5.56 Å². The van der Waals surface area contributed by atoms with Crippen LogP contribution in [0, 0.1) is 0 Å². The van der Waals surface area contributed by atoms with Gasteiger partial charge in [0.1, 0.15) is 6.04 Å². The van der Waals surface area contributed by atoms with Gasteiger partial charge in [0.2, 0.25) is 5.75 Å². The molecule has 0 aromatic heterocycles. The Morgan fingerprint density at radius 1 is 1.04 bits per heavy atom. The fourth-order valence-corrected chi connectivity index (χ4v) is 1.86. The Hall–Kier alpha value is -2.44. The first-order chi connectivity index (χ1) is 10.9. The molecule has 0 spiro atoms. The largest absolute Gasteiger partial charge is 0.490 e. The van der Waals surface area contributed by atoms with Crippen LogP contribution < -0.4 is 19.5 Å². The molecule has 2 N–H and O–H groups in total. The SMILES string of the molecule is CCOc1cc(C(=O)N[C@@H](C)C(=O)O)cc(OCC)c1OCC. The number of amides is 1. The van der Waals surface area contributed by atoms with Gasteiger partial charge in [-0.3, -0.25) is 9.59 Å². The first-order valence-corrected chi connectivity index (χ1v) is 7.54. The van der Waals surface area contributed by atoms with Crippen molar-refractivity contribution in [2.75, 3.05) is 19.8 Å². The Labute approximate surface area is 135 Å². The molecule has 0 heterocycles. The van der Waals surface area contributed by atoms with Gasteiger partial charge in [-0.2, -0.15) is 0 Å². The van der Waals surface area contributed by atoms with Gasteiger partial charge in [0.05, 0.1) is 19.8 Å². The van der Waals surface area contributed by atoms with Gasteiger partial charge in [-0.1, -0.05) is 0 Å². The molecule has 1 aromatic rings. The van der Waals surface area contributed by atoms with E-state index in [9.17, 15) is 9.59 Å². The second-order valence-electron chi connectivity index (χ2n) is 4.63. The molecule has 0 radical (unpaired) electrons. The lowest BCUT2D eigenvalue weighted by atomic mass is 10.1. The number of carboxylic acids is 1. The van der Waals surface area contributed by atoms with Crippen molar-refractivity contribution in [3.63, 3.8) is 0 Å². The molecule has 0 fully saturated rings. The van der Waals surface area contributed by atoms with Gasteiger partial charge in [0, 0.05) is 5.56 Å². The van der Waals surface area contributed by atoms with Gasteiger partial charge in [-0.05, 0) is 39.8 Å². The molecule has 23 heavy (non-hydrogen) atoms. The predicted octanol–water partition coefficient (Wildman–Crippen LogP) is 2.09. The Balaban J connectivity index is 3.21. The highest BCUT2D eigenvalue weighted by molar-refractivity contribution is 5.97. The van der Waals surface area contributed by atoms with Crippen LogP contribution in [0.15, 0.2) is 12.1 Å². The van der Waals surface area contributed by atoms with Gasteiger partial charge >= 0.3 is 5.97 Å². The lowest BCUT2D eigenvalue weighted by molar-refractivity contribution is -0.138. The van der Waals surface area contributed by atoms with Crippen LogP contribution in [0.2, 0.25) is 0 Å². The zero-order valence-electron chi connectivity index (χ0n) is 13.8. The quantitative estimate of drug-likeness (QED) is 0.722. The molecule has 128 valence electrons. The summed E-state index contributed by atoms with van der Waals surface area (Å²) in [4.78, 5) is 23.1. The molecular weight excluding hydrogens is 302 g/mol. The van der Waals surface area contributed by atoms with Crippen LogP contribution in [0.4, 0.5) is 0 Å². The van der Waals surface area contributed by atoms with Crippen LogP contribution >= 0.6 is 0 Å². The van der Waals surface area contributed by atoms with E-state index in [0.29, 0.717) is 37.1 Å². The molecular formula is C16H23NO6. The third-order valence-electron chi connectivity index (χ3n) is 2.89. The van der Waals surface area contributed by atoms with Crippen LogP contribution in [0.5, 0.6) is 17.2 Å². The van der Waals surface area contributed by atoms with E-state index in [0.717, 1.165) is 0 Å². The van der Waals surface area contributed by atoms with Gasteiger partial charge in [-0.15, -0.1) is 0 Å². The summed E-state index contributed by atoms with van der Waals surface area (Å²) in [7, 11) is 0. The number of benzene rings is 1. The van der Waals surface area contributed by atoms with Crippen molar-refractivity contribution in [3.05, 3.63) is 17.7 Å². The number of nitrogens with one attached hydrogen (secondary N) is 1. The van der Waals surface area contributed by atoms with Crippen LogP contribution in [0.1, 0.15) is 38.1 Å². The van der Waals surface area contributed by atoms with E-state index in [1.807, 2.05) is 20.8 Å². The smallest absolute Gasteiger partial charge is 0.325 e. The third kappa shape index (κ3) is 5.05. The van der Waals surface area contributed by atoms with Crippen LogP contribution in [0.3, 0.4) is 0 Å². The summed E-state index contributed by atoms with van der Waals surface area (Å²) < 4.78 is 16.6. The van der Waals surface area contributed by atoms with Crippen molar-refractivity contribution in [2.45, 2.75) is 33.7 Å². The maximum atomic E-state index is 12.2. The molecule has 7 heteroatoms. The zero-order valence-corrected chi connectivity index (χ0v) is 13.8. The average Bonchev–Trinajstić information content (AvgIpc) is 2.50. The van der Waals surface area contributed by atoms with E-state index in [1.54, 1.807) is 0 Å². The van der Waals surface area contributed by atoms with Gasteiger partial charge in [0.15, 0.2) is 11.5 Å². The second-order valence-corrected chi connectivity index (χ2v) is 4.63. The first-order valence-electron chi connectivity index (χ1n) is 7.54. The normalized spacial score (nSPS) is 11.5. The summed E-state index contributed by atoms with van der Waals surface area (Å²) in [6, 6.07) is 2.03. The zero-order chi connectivity index (χ0) is 17.4. The molecule has 0 saturated carbocycles. The monoisotopic (exact) mass is 325 g/mol. The lowest BCUT2D eigenvalue weighted by Gasteiger charge is -2.17. The maximum absolute atomic E-state index is 12.2. The highest BCUT2D eigenvalue weighted by Gasteiger charge is 2.20. The number of ether oxygens (including phenoxy) is 3. The molecule has 0 saturated heterocycles. The van der Waals surface area contributed by atoms with Crippen molar-refractivity contribution in [2.24, 2.45) is 0 Å². The minimum absolute atomic E-state index is 0.244. The van der Waals surface area contributed by atoms with Crippen molar-refractivity contribution in [3.8, 4) is 17.2 Å². The average molecular weight is 325 g/mol. The summed E-state index contributed by atoms with van der Waals surface area (Å²) in [5, 5.41) is 11.3. The topological polar surface area (TPSA) is 94.1 Å². The molecule has 0 aliphatic heterocycles. The summed E-state index contributed by atoms with van der Waals surface area (Å²) in [5.41, 5.74) is 0.244. The van der Waals surface area contributed by atoms with Gasteiger partial charge < -0.3 is 24.6 Å². The Morgan fingerprint density at radius 2 is 1.52 bits per heavy atom. The number of carbonyl (C=O) groups excluding carboxylic acids is 1. The fraction of sp³-hybridized carbons (Fsp3) is 0.500. The molecule has 0 bridgehead atoms. The van der Waals surface area contributed by atoms with E-state index in [1.165, 1.54) is 19.1 Å². The van der Waals surface area contributed by atoms with Crippen LogP contribution in [-0.2, 0) is 4.79 Å². The first kappa shape index (κ1) is 18.6. The Morgan fingerprint density at radius 3 is 1.91 bits per heavy atom. The molecule has 0 aliphatic rings. The molecule has 1 atom stereocenters. The van der Waals surface area contributed by atoms with E-state index in [4.69, 9.17) is 19.3 Å². The molecule has 7 nitrogen and oxygen atoms in total. The highest BCUT2D eigenvalue weighted by atomic mass is 16.5. The highest BCUT2D eigenvalue weighted by Crippen LogP contribution is 2.39. The molecule has 1 aromatic carbocycles. The van der Waals surface area contributed by atoms with Crippen LogP contribution in [-0.4, -0.2) is 42.8 Å². The minimum atomic E-state index is -1.11. The second kappa shape index (κ2) is 8.87. The van der Waals surface area contributed by atoms with Crippen molar-refractivity contribution in [1.82, 2.24) is 5.32 Å². The Bertz CT molecular complexity index is 530. The fourth-order valence-electron chi connectivity index (χ4n) is 1.86. The predicted molar refractivity (Wildman–Crippen MR) is 84.5 cm³/mol. The number of carboxylic acid groups (broad SMARTS) is 1. The van der Waals surface area contributed by atoms with Crippen molar-refractivity contribution < 1.29 is 28.9 Å². The molecule has 0 unspecified atom stereocenters. The van der Waals surface area contributed by atoms with E-state index >= 15 is 0 Å². The summed E-state index contributed by atoms with van der Waals surface area (Å²) in [6.45, 7) is 8.05. The number of rotatable bonds is 9. The van der Waals surface area contributed by atoms with Crippen molar-refractivity contribution >= 4 is 11.9 Å². The van der Waals surface area contributed by atoms with Crippen LogP contribution in [0.25, 0.3) is 0 Å². The molecule has 1 amide bonds. The summed E-state index contributed by atoms with van der Waals surface area (Å²) in [6.07, 6.45) is 0. The Kier molecular flexibility index (Phi) is 7.18. The number of hydrogen-bond acceptors (Lipinski definition) is 5. The standard InChI is InChI=1S/C16H23NO6/c1-5-21-12-8-11(15(18)17-10(4)16(19)20)9-13(22-6-2)14(12)23-7-3/h8-10H,5-7H2,1-4H3,(H,17,18)(H,19,20)/t10-/m0/s1. The van der Waals surface area contributed by atoms with Crippen molar-refractivity contribution in [1.29, 1.82) is 0 Å². The van der Waals surface area contributed by atoms with E-state index < -0.39 is 17.9 Å². The molecule has 0 aliphatic carbocycles.